The van der Waals surface area contributed by atoms with Crippen LogP contribution in [0.2, 0.25) is 0 Å². The zero-order valence-corrected chi connectivity index (χ0v) is 8.82. The van der Waals surface area contributed by atoms with Crippen molar-refractivity contribution in [2.45, 2.75) is 39.2 Å². The molecule has 3 heteroatoms. The molecule has 0 heterocycles. The summed E-state index contributed by atoms with van der Waals surface area (Å²) in [6.45, 7) is 3.97. The largest absolute Gasteiger partial charge is 0.465 e. The third-order valence-corrected chi connectivity index (χ3v) is 1.97. The molecular formula is C11H18O3. The summed E-state index contributed by atoms with van der Waals surface area (Å²) in [6, 6.07) is 0. The first-order chi connectivity index (χ1) is 6.63. The molecule has 2 atom stereocenters. The number of aliphatic hydroxyl groups excluding tert-OH is 1. The minimum absolute atomic E-state index is 0.225. The number of hydrogen-bond acceptors (Lipinski definition) is 3. The average Bonchev–Trinajstić information content (AvgIpc) is 2.13. The number of aliphatic hydroxyl groups is 1. The van der Waals surface area contributed by atoms with Crippen LogP contribution in [0.25, 0.3) is 0 Å². The van der Waals surface area contributed by atoms with Crippen LogP contribution < -0.4 is 0 Å². The maximum absolute atomic E-state index is 11.4. The Morgan fingerprint density at radius 3 is 2.71 bits per heavy atom. The molecule has 0 aromatic heterocycles. The predicted octanol–water partition coefficient (Wildman–Crippen LogP) is 1.35. The van der Waals surface area contributed by atoms with Crippen LogP contribution in [0.4, 0.5) is 0 Å². The van der Waals surface area contributed by atoms with Crippen LogP contribution in [0.15, 0.2) is 0 Å². The molecule has 0 bridgehead atoms. The van der Waals surface area contributed by atoms with Crippen molar-refractivity contribution in [1.29, 1.82) is 0 Å². The Labute approximate surface area is 85.5 Å². The van der Waals surface area contributed by atoms with Gasteiger partial charge in [0, 0.05) is 6.42 Å². The Morgan fingerprint density at radius 1 is 1.64 bits per heavy atom. The second-order valence-corrected chi connectivity index (χ2v) is 3.28. The van der Waals surface area contributed by atoms with Crippen LogP contribution in [0.1, 0.15) is 33.1 Å². The van der Waals surface area contributed by atoms with Crippen LogP contribution in [0.3, 0.4) is 0 Å². The van der Waals surface area contributed by atoms with E-state index in [2.05, 4.69) is 5.92 Å². The molecule has 0 aliphatic carbocycles. The molecule has 14 heavy (non-hydrogen) atoms. The molecular weight excluding hydrogens is 180 g/mol. The summed E-state index contributed by atoms with van der Waals surface area (Å²) < 4.78 is 4.96. The van der Waals surface area contributed by atoms with Gasteiger partial charge in [0.05, 0.1) is 18.6 Å². The third kappa shape index (κ3) is 4.88. The van der Waals surface area contributed by atoms with Gasteiger partial charge in [-0.3, -0.25) is 4.79 Å². The fourth-order valence-electron chi connectivity index (χ4n) is 1.00. The number of carbonyl (C=O) groups excluding carboxylic acids is 1. The Morgan fingerprint density at radius 2 is 2.29 bits per heavy atom. The highest BCUT2D eigenvalue weighted by Gasteiger charge is 2.23. The van der Waals surface area contributed by atoms with Crippen LogP contribution >= 0.6 is 0 Å². The van der Waals surface area contributed by atoms with E-state index in [-0.39, 0.29) is 6.42 Å². The van der Waals surface area contributed by atoms with Gasteiger partial charge in [-0.15, -0.1) is 12.3 Å². The molecule has 0 amide bonds. The van der Waals surface area contributed by atoms with Gasteiger partial charge in [-0.25, -0.2) is 0 Å². The Bertz CT molecular complexity index is 203. The second-order valence-electron chi connectivity index (χ2n) is 3.28. The molecule has 0 rings (SSSR count). The summed E-state index contributed by atoms with van der Waals surface area (Å²) in [4.78, 5) is 11.4. The van der Waals surface area contributed by atoms with E-state index in [9.17, 15) is 9.90 Å². The smallest absolute Gasteiger partial charge is 0.312 e. The number of unbranched alkanes of at least 4 members (excludes halogenated alkanes) is 1. The van der Waals surface area contributed by atoms with Crippen LogP contribution in [0.5, 0.6) is 0 Å². The molecule has 0 saturated carbocycles. The third-order valence-electron chi connectivity index (χ3n) is 1.97. The predicted molar refractivity (Wildman–Crippen MR) is 54.5 cm³/mol. The fourth-order valence-corrected chi connectivity index (χ4v) is 1.00. The molecule has 0 aliphatic rings. The summed E-state index contributed by atoms with van der Waals surface area (Å²) in [6.07, 6.45) is 6.38. The van der Waals surface area contributed by atoms with Gasteiger partial charge >= 0.3 is 5.97 Å². The standard InChI is InChI=1S/C11H18O3/c1-4-6-8-14-11(13)10(7-5-2)9(3)12/h2,9-10,12H,4,6-8H2,1,3H3/t9-,10-/m0/s1. The lowest BCUT2D eigenvalue weighted by molar-refractivity contribution is -0.152. The maximum Gasteiger partial charge on any atom is 0.312 e. The fraction of sp³-hybridized carbons (Fsp3) is 0.727. The molecule has 0 aliphatic heterocycles. The second kappa shape index (κ2) is 7.40. The van der Waals surface area contributed by atoms with E-state index in [0.29, 0.717) is 6.61 Å². The zero-order chi connectivity index (χ0) is 11.0. The molecule has 0 radical (unpaired) electrons. The highest BCUT2D eigenvalue weighted by molar-refractivity contribution is 5.73. The van der Waals surface area contributed by atoms with Crippen molar-refractivity contribution < 1.29 is 14.6 Å². The van der Waals surface area contributed by atoms with E-state index in [4.69, 9.17) is 11.2 Å². The molecule has 3 nitrogen and oxygen atoms in total. The molecule has 0 unspecified atom stereocenters. The number of hydrogen-bond donors (Lipinski definition) is 1. The monoisotopic (exact) mass is 198 g/mol. The SMILES string of the molecule is C#CC[C@H](C(=O)OCCCC)[C@H](C)O. The van der Waals surface area contributed by atoms with E-state index in [1.54, 1.807) is 6.92 Å². The minimum atomic E-state index is -0.750. The Hall–Kier alpha value is -1.01. The number of terminal acetylenes is 1. The summed E-state index contributed by atoms with van der Waals surface area (Å²) in [5, 5.41) is 9.27. The first-order valence-electron chi connectivity index (χ1n) is 4.91. The lowest BCUT2D eigenvalue weighted by Gasteiger charge is -2.15. The lowest BCUT2D eigenvalue weighted by Crippen LogP contribution is -2.27. The van der Waals surface area contributed by atoms with Gasteiger partial charge in [-0.1, -0.05) is 13.3 Å². The number of carbonyl (C=O) groups is 1. The Kier molecular flexibility index (Phi) is 6.87. The van der Waals surface area contributed by atoms with Crippen LogP contribution in [-0.2, 0) is 9.53 Å². The molecule has 0 fully saturated rings. The van der Waals surface area contributed by atoms with Gasteiger partial charge in [0.25, 0.3) is 0 Å². The van der Waals surface area contributed by atoms with E-state index in [1.165, 1.54) is 0 Å². The molecule has 0 spiro atoms. The van der Waals surface area contributed by atoms with Crippen molar-refractivity contribution in [2.24, 2.45) is 5.92 Å². The van der Waals surface area contributed by atoms with Crippen molar-refractivity contribution in [3.8, 4) is 12.3 Å². The Balaban J connectivity index is 3.97. The first-order valence-corrected chi connectivity index (χ1v) is 4.91. The van der Waals surface area contributed by atoms with Gasteiger partial charge in [0.1, 0.15) is 0 Å². The topological polar surface area (TPSA) is 46.5 Å². The van der Waals surface area contributed by atoms with Gasteiger partial charge in [-0.05, 0) is 13.3 Å². The highest BCUT2D eigenvalue weighted by atomic mass is 16.5. The van der Waals surface area contributed by atoms with E-state index in [0.717, 1.165) is 12.8 Å². The van der Waals surface area contributed by atoms with Crippen molar-refractivity contribution in [3.05, 3.63) is 0 Å². The highest BCUT2D eigenvalue weighted by Crippen LogP contribution is 2.10. The van der Waals surface area contributed by atoms with Crippen molar-refractivity contribution in [3.63, 3.8) is 0 Å². The normalized spacial score (nSPS) is 14.1. The zero-order valence-electron chi connectivity index (χ0n) is 8.82. The van der Waals surface area contributed by atoms with E-state index >= 15 is 0 Å². The van der Waals surface area contributed by atoms with E-state index in [1.807, 2.05) is 6.92 Å². The molecule has 80 valence electrons. The average molecular weight is 198 g/mol. The van der Waals surface area contributed by atoms with Crippen molar-refractivity contribution >= 4 is 5.97 Å². The van der Waals surface area contributed by atoms with Gasteiger partial charge in [-0.2, -0.15) is 0 Å². The van der Waals surface area contributed by atoms with Gasteiger partial charge < -0.3 is 9.84 Å². The summed E-state index contributed by atoms with van der Waals surface area (Å²) in [5.74, 6) is 1.38. The minimum Gasteiger partial charge on any atom is -0.465 e. The number of rotatable bonds is 6. The molecule has 1 N–H and O–H groups in total. The van der Waals surface area contributed by atoms with E-state index < -0.39 is 18.0 Å². The molecule has 0 aromatic rings. The van der Waals surface area contributed by atoms with Gasteiger partial charge in [0.15, 0.2) is 0 Å². The summed E-state index contributed by atoms with van der Waals surface area (Å²) >= 11 is 0. The van der Waals surface area contributed by atoms with Crippen LogP contribution in [0, 0.1) is 18.3 Å². The lowest BCUT2D eigenvalue weighted by atomic mass is 10.0. The van der Waals surface area contributed by atoms with Gasteiger partial charge in [0.2, 0.25) is 0 Å². The quantitative estimate of drug-likeness (QED) is 0.398. The van der Waals surface area contributed by atoms with Crippen molar-refractivity contribution in [1.82, 2.24) is 0 Å². The molecule has 0 aromatic carbocycles. The number of esters is 1. The van der Waals surface area contributed by atoms with Crippen LogP contribution in [-0.4, -0.2) is 23.8 Å². The summed E-state index contributed by atoms with van der Waals surface area (Å²) in [7, 11) is 0. The first kappa shape index (κ1) is 13.0. The summed E-state index contributed by atoms with van der Waals surface area (Å²) in [5.41, 5.74) is 0. The number of ether oxygens (including phenoxy) is 1. The van der Waals surface area contributed by atoms with Crippen molar-refractivity contribution in [2.75, 3.05) is 6.61 Å². The maximum atomic E-state index is 11.4. The molecule has 0 saturated heterocycles.